The highest BCUT2D eigenvalue weighted by molar-refractivity contribution is 7.90. The lowest BCUT2D eigenvalue weighted by Gasteiger charge is -2.22. The highest BCUT2D eigenvalue weighted by Gasteiger charge is 2.23. The lowest BCUT2D eigenvalue weighted by atomic mass is 9.97. The van der Waals surface area contributed by atoms with Gasteiger partial charge < -0.3 is 21.5 Å². The van der Waals surface area contributed by atoms with Crippen molar-refractivity contribution >= 4 is 33.1 Å². The second-order valence-corrected chi connectivity index (χ2v) is 10.2. The molecule has 32 heavy (non-hydrogen) atoms. The first-order valence-corrected chi connectivity index (χ1v) is 12.8. The molecule has 0 unspecified atom stereocenters. The van der Waals surface area contributed by atoms with Crippen LogP contribution in [0.5, 0.6) is 0 Å². The number of nitrogens with zero attached hydrogens (tertiary/aromatic N) is 2. The summed E-state index contributed by atoms with van der Waals surface area (Å²) in [6.07, 6.45) is 6.28. The van der Waals surface area contributed by atoms with Gasteiger partial charge in [0.2, 0.25) is 0 Å². The van der Waals surface area contributed by atoms with E-state index in [-0.39, 0.29) is 28.4 Å². The number of nitrogens with one attached hydrogen (secondary N) is 2. The molecule has 1 fully saturated rings. The Morgan fingerprint density at radius 2 is 1.94 bits per heavy atom. The summed E-state index contributed by atoms with van der Waals surface area (Å²) >= 11 is 0. The van der Waals surface area contributed by atoms with Crippen molar-refractivity contribution in [3.8, 4) is 0 Å². The molecule has 0 spiro atoms. The van der Waals surface area contributed by atoms with Crippen molar-refractivity contribution in [3.63, 3.8) is 0 Å². The minimum Gasteiger partial charge on any atom is -0.393 e. The summed E-state index contributed by atoms with van der Waals surface area (Å²) in [7, 11) is -3.40. The van der Waals surface area contributed by atoms with Gasteiger partial charge >= 0.3 is 0 Å². The zero-order valence-electron chi connectivity index (χ0n) is 18.5. The first kappa shape index (κ1) is 23.9. The molecule has 174 valence electrons. The van der Waals surface area contributed by atoms with Crippen molar-refractivity contribution in [2.24, 2.45) is 11.7 Å². The molecule has 10 heteroatoms. The largest absolute Gasteiger partial charge is 0.393 e. The highest BCUT2D eigenvalue weighted by Crippen LogP contribution is 2.27. The van der Waals surface area contributed by atoms with Gasteiger partial charge in [0.05, 0.1) is 16.7 Å². The van der Waals surface area contributed by atoms with Crippen LogP contribution >= 0.6 is 0 Å². The quantitative estimate of drug-likeness (QED) is 0.439. The van der Waals surface area contributed by atoms with Crippen LogP contribution in [-0.4, -0.2) is 48.3 Å². The van der Waals surface area contributed by atoms with Gasteiger partial charge in [0.1, 0.15) is 5.82 Å². The van der Waals surface area contributed by atoms with E-state index in [1.54, 1.807) is 12.1 Å². The van der Waals surface area contributed by atoms with Crippen LogP contribution in [0.4, 0.5) is 17.3 Å². The summed E-state index contributed by atoms with van der Waals surface area (Å²) in [5.74, 6) is 0.0300. The molecule has 1 aliphatic rings. The number of sulfone groups is 1. The van der Waals surface area contributed by atoms with E-state index in [0.717, 1.165) is 38.4 Å². The Morgan fingerprint density at radius 3 is 2.62 bits per heavy atom. The zero-order chi connectivity index (χ0) is 23.3. The lowest BCUT2D eigenvalue weighted by Crippen LogP contribution is -2.27. The van der Waals surface area contributed by atoms with Gasteiger partial charge in [-0.05, 0) is 37.5 Å². The molecule has 0 bridgehead atoms. The Morgan fingerprint density at radius 1 is 1.19 bits per heavy atom. The van der Waals surface area contributed by atoms with E-state index in [1.807, 2.05) is 6.92 Å². The van der Waals surface area contributed by atoms with Crippen LogP contribution in [-0.2, 0) is 16.3 Å². The second kappa shape index (κ2) is 10.3. The number of primary amides is 1. The number of aliphatic hydroxyl groups excluding tert-OH is 1. The van der Waals surface area contributed by atoms with E-state index < -0.39 is 15.7 Å². The minimum absolute atomic E-state index is 0.0216. The van der Waals surface area contributed by atoms with Gasteiger partial charge in [-0.1, -0.05) is 32.3 Å². The predicted molar refractivity (Wildman–Crippen MR) is 124 cm³/mol. The van der Waals surface area contributed by atoms with Crippen molar-refractivity contribution in [2.75, 3.05) is 23.4 Å². The van der Waals surface area contributed by atoms with Gasteiger partial charge in [0.15, 0.2) is 21.3 Å². The fourth-order valence-corrected chi connectivity index (χ4v) is 4.56. The molecule has 1 aliphatic carbocycles. The monoisotopic (exact) mass is 461 g/mol. The Labute approximate surface area is 188 Å². The van der Waals surface area contributed by atoms with Crippen LogP contribution in [0.3, 0.4) is 0 Å². The fraction of sp³-hybridized carbons (Fsp3) is 0.500. The Bertz CT molecular complexity index is 1070. The molecule has 1 amide bonds. The molecule has 1 saturated carbocycles. The number of rotatable bonds is 8. The van der Waals surface area contributed by atoms with E-state index in [1.165, 1.54) is 12.1 Å². The number of hydrogen-bond acceptors (Lipinski definition) is 8. The van der Waals surface area contributed by atoms with Crippen molar-refractivity contribution < 1.29 is 18.3 Å². The summed E-state index contributed by atoms with van der Waals surface area (Å²) in [5, 5.41) is 16.7. The maximum Gasteiger partial charge on any atom is 0.271 e. The maximum absolute atomic E-state index is 12.0. The molecule has 1 heterocycles. The van der Waals surface area contributed by atoms with Gasteiger partial charge in [-0.2, -0.15) is 0 Å². The SMILES string of the molecule is CCc1nc(C(N)=O)c(Nc2cccc(S(C)(=O)=O)c2)nc1NC[C@H]1CCCCC[C@H]1O. The molecule has 2 atom stereocenters. The van der Waals surface area contributed by atoms with Gasteiger partial charge in [0, 0.05) is 24.4 Å². The third-order valence-electron chi connectivity index (χ3n) is 5.71. The molecule has 3 rings (SSSR count). The number of nitrogens with two attached hydrogens (primary N) is 1. The van der Waals surface area contributed by atoms with Crippen LogP contribution in [0.1, 0.15) is 55.2 Å². The number of benzene rings is 1. The van der Waals surface area contributed by atoms with E-state index in [9.17, 15) is 18.3 Å². The van der Waals surface area contributed by atoms with Crippen molar-refractivity contribution in [2.45, 2.75) is 56.4 Å². The fourth-order valence-electron chi connectivity index (χ4n) is 3.89. The number of amides is 1. The standard InChI is InChI=1S/C22H31N5O4S/c1-3-17-21(24-13-14-8-5-4-6-11-18(14)28)27-22(19(26-17)20(23)29)25-15-9-7-10-16(12-15)32(2,30)31/h7,9-10,12,14,18,28H,3-6,8,11,13H2,1-2H3,(H2,23,29)(H2,24,25,27)/t14-,18-/m1/s1. The minimum atomic E-state index is -3.40. The van der Waals surface area contributed by atoms with Crippen molar-refractivity contribution in [1.29, 1.82) is 0 Å². The molecule has 2 aromatic rings. The van der Waals surface area contributed by atoms with E-state index >= 15 is 0 Å². The summed E-state index contributed by atoms with van der Waals surface area (Å²) in [5.41, 5.74) is 6.55. The predicted octanol–water partition coefficient (Wildman–Crippen LogP) is 2.64. The third kappa shape index (κ3) is 5.95. The summed E-state index contributed by atoms with van der Waals surface area (Å²) < 4.78 is 23.8. The highest BCUT2D eigenvalue weighted by atomic mass is 32.2. The van der Waals surface area contributed by atoms with E-state index in [2.05, 4.69) is 20.6 Å². The first-order valence-electron chi connectivity index (χ1n) is 10.9. The number of aryl methyl sites for hydroxylation is 1. The first-order chi connectivity index (χ1) is 15.2. The number of hydrogen-bond donors (Lipinski definition) is 4. The Balaban J connectivity index is 1.90. The normalized spacial score (nSPS) is 19.2. The van der Waals surface area contributed by atoms with E-state index in [4.69, 9.17) is 5.73 Å². The van der Waals surface area contributed by atoms with Crippen molar-refractivity contribution in [3.05, 3.63) is 35.7 Å². The van der Waals surface area contributed by atoms with Crippen LogP contribution in [0.25, 0.3) is 0 Å². The lowest BCUT2D eigenvalue weighted by molar-refractivity contribution is 0.0996. The smallest absolute Gasteiger partial charge is 0.271 e. The van der Waals surface area contributed by atoms with Crippen LogP contribution in [0, 0.1) is 5.92 Å². The number of aromatic nitrogens is 2. The van der Waals surface area contributed by atoms with E-state index in [0.29, 0.717) is 30.2 Å². The summed E-state index contributed by atoms with van der Waals surface area (Å²) in [6, 6.07) is 6.23. The molecule has 1 aromatic carbocycles. The van der Waals surface area contributed by atoms with Gasteiger partial charge in [-0.25, -0.2) is 18.4 Å². The molecular weight excluding hydrogens is 430 g/mol. The molecule has 1 aromatic heterocycles. The number of carbonyl (C=O) groups is 1. The topological polar surface area (TPSA) is 147 Å². The molecule has 0 saturated heterocycles. The third-order valence-corrected chi connectivity index (χ3v) is 6.82. The Kier molecular flexibility index (Phi) is 7.68. The average Bonchev–Trinajstić information content (AvgIpc) is 2.95. The number of carbonyl (C=O) groups excluding carboxylic acids is 1. The summed E-state index contributed by atoms with van der Waals surface area (Å²) in [6.45, 7) is 2.45. The number of anilines is 3. The Hall–Kier alpha value is -2.72. The molecule has 0 radical (unpaired) electrons. The van der Waals surface area contributed by atoms with Gasteiger partial charge in [-0.15, -0.1) is 0 Å². The average molecular weight is 462 g/mol. The van der Waals surface area contributed by atoms with Crippen LogP contribution in [0.2, 0.25) is 0 Å². The molecule has 5 N–H and O–H groups in total. The van der Waals surface area contributed by atoms with Crippen LogP contribution in [0.15, 0.2) is 29.2 Å². The molecule has 9 nitrogen and oxygen atoms in total. The summed E-state index contributed by atoms with van der Waals surface area (Å²) in [4.78, 5) is 21.2. The maximum atomic E-state index is 12.0. The van der Waals surface area contributed by atoms with Gasteiger partial charge in [-0.3, -0.25) is 4.79 Å². The molecular formula is C22H31N5O4S. The van der Waals surface area contributed by atoms with Gasteiger partial charge in [0.25, 0.3) is 5.91 Å². The number of aliphatic hydroxyl groups is 1. The van der Waals surface area contributed by atoms with Crippen LogP contribution < -0.4 is 16.4 Å². The second-order valence-electron chi connectivity index (χ2n) is 8.21. The molecule has 0 aliphatic heterocycles. The van der Waals surface area contributed by atoms with Crippen molar-refractivity contribution in [1.82, 2.24) is 9.97 Å². The zero-order valence-corrected chi connectivity index (χ0v) is 19.3.